The van der Waals surface area contributed by atoms with Gasteiger partial charge in [0.25, 0.3) is 0 Å². The maximum Gasteiger partial charge on any atom is 0.126 e. The second kappa shape index (κ2) is 4.46. The van der Waals surface area contributed by atoms with Crippen LogP contribution in [0.5, 0.6) is 5.75 Å². The molecule has 0 fully saturated rings. The Balaban J connectivity index is 3.14. The molecule has 13 heavy (non-hydrogen) atoms. The standard InChI is InChI=1S/C9H12ClNO2/c1-13-8-4-2-3-6(10)9(8)7(12)5-11/h2-4,7,12H,5,11H2,1H3/t7-/m0/s1. The summed E-state index contributed by atoms with van der Waals surface area (Å²) < 4.78 is 5.05. The molecule has 0 saturated heterocycles. The van der Waals surface area contributed by atoms with E-state index in [1.807, 2.05) is 0 Å². The molecule has 72 valence electrons. The first-order chi connectivity index (χ1) is 6.20. The van der Waals surface area contributed by atoms with Crippen molar-refractivity contribution in [2.45, 2.75) is 6.10 Å². The molecule has 0 heterocycles. The van der Waals surface area contributed by atoms with E-state index >= 15 is 0 Å². The van der Waals surface area contributed by atoms with Gasteiger partial charge in [-0.2, -0.15) is 0 Å². The SMILES string of the molecule is COc1cccc(Cl)c1[C@@H](O)CN. The lowest BCUT2D eigenvalue weighted by atomic mass is 10.1. The molecule has 1 atom stereocenters. The van der Waals surface area contributed by atoms with Crippen LogP contribution in [-0.4, -0.2) is 18.8 Å². The minimum Gasteiger partial charge on any atom is -0.496 e. The van der Waals surface area contributed by atoms with E-state index in [0.717, 1.165) is 0 Å². The second-order valence-corrected chi connectivity index (χ2v) is 3.01. The van der Waals surface area contributed by atoms with Gasteiger partial charge in [-0.05, 0) is 12.1 Å². The number of ether oxygens (including phenoxy) is 1. The van der Waals surface area contributed by atoms with Crippen LogP contribution in [0.1, 0.15) is 11.7 Å². The molecule has 4 heteroatoms. The predicted molar refractivity (Wildman–Crippen MR) is 52.0 cm³/mol. The van der Waals surface area contributed by atoms with Crippen molar-refractivity contribution in [3.63, 3.8) is 0 Å². The van der Waals surface area contributed by atoms with Crippen molar-refractivity contribution in [2.24, 2.45) is 5.73 Å². The van der Waals surface area contributed by atoms with Crippen LogP contribution in [0, 0.1) is 0 Å². The largest absolute Gasteiger partial charge is 0.496 e. The zero-order valence-corrected chi connectivity index (χ0v) is 8.08. The second-order valence-electron chi connectivity index (χ2n) is 2.61. The molecule has 0 spiro atoms. The summed E-state index contributed by atoms with van der Waals surface area (Å²) in [5, 5.41) is 10.0. The highest BCUT2D eigenvalue weighted by molar-refractivity contribution is 6.31. The molecule has 0 saturated carbocycles. The van der Waals surface area contributed by atoms with Crippen LogP contribution in [0.4, 0.5) is 0 Å². The minimum atomic E-state index is -0.774. The summed E-state index contributed by atoms with van der Waals surface area (Å²) in [6, 6.07) is 5.19. The number of halogens is 1. The summed E-state index contributed by atoms with van der Waals surface area (Å²) in [4.78, 5) is 0. The molecule has 0 aliphatic heterocycles. The van der Waals surface area contributed by atoms with Gasteiger partial charge in [-0.25, -0.2) is 0 Å². The lowest BCUT2D eigenvalue weighted by Crippen LogP contribution is -2.13. The fraction of sp³-hybridized carbons (Fsp3) is 0.333. The quantitative estimate of drug-likeness (QED) is 0.776. The summed E-state index contributed by atoms with van der Waals surface area (Å²) in [6.45, 7) is 0.125. The van der Waals surface area contributed by atoms with Crippen molar-refractivity contribution in [3.05, 3.63) is 28.8 Å². The van der Waals surface area contributed by atoms with Crippen molar-refractivity contribution in [1.82, 2.24) is 0 Å². The van der Waals surface area contributed by atoms with Gasteiger partial charge in [-0.3, -0.25) is 0 Å². The monoisotopic (exact) mass is 201 g/mol. The van der Waals surface area contributed by atoms with Gasteiger partial charge in [0.05, 0.1) is 18.2 Å². The van der Waals surface area contributed by atoms with Crippen LogP contribution in [0.25, 0.3) is 0 Å². The van der Waals surface area contributed by atoms with E-state index in [1.165, 1.54) is 7.11 Å². The van der Waals surface area contributed by atoms with Crippen LogP contribution in [0.15, 0.2) is 18.2 Å². The lowest BCUT2D eigenvalue weighted by molar-refractivity contribution is 0.182. The van der Waals surface area contributed by atoms with Crippen LogP contribution in [0.3, 0.4) is 0 Å². The Hall–Kier alpha value is -0.770. The molecule has 0 aliphatic rings. The Bertz CT molecular complexity index is 291. The van der Waals surface area contributed by atoms with Gasteiger partial charge in [-0.1, -0.05) is 17.7 Å². The molecule has 0 unspecified atom stereocenters. The van der Waals surface area contributed by atoms with Crippen molar-refractivity contribution in [1.29, 1.82) is 0 Å². The van der Waals surface area contributed by atoms with Crippen LogP contribution in [0.2, 0.25) is 5.02 Å². The van der Waals surface area contributed by atoms with E-state index < -0.39 is 6.10 Å². The zero-order valence-electron chi connectivity index (χ0n) is 7.33. The van der Waals surface area contributed by atoms with Crippen molar-refractivity contribution >= 4 is 11.6 Å². The molecule has 0 aliphatic carbocycles. The third-order valence-electron chi connectivity index (χ3n) is 1.79. The number of hydrogen-bond acceptors (Lipinski definition) is 3. The minimum absolute atomic E-state index is 0.125. The Kier molecular flexibility index (Phi) is 3.54. The third kappa shape index (κ3) is 2.12. The Morgan fingerprint density at radius 1 is 1.62 bits per heavy atom. The maximum absolute atomic E-state index is 9.53. The molecule has 3 nitrogen and oxygen atoms in total. The maximum atomic E-state index is 9.53. The lowest BCUT2D eigenvalue weighted by Gasteiger charge is -2.14. The van der Waals surface area contributed by atoms with Gasteiger partial charge >= 0.3 is 0 Å². The van der Waals surface area contributed by atoms with Crippen molar-refractivity contribution < 1.29 is 9.84 Å². The van der Waals surface area contributed by atoms with Crippen molar-refractivity contribution in [2.75, 3.05) is 13.7 Å². The van der Waals surface area contributed by atoms with Crippen molar-refractivity contribution in [3.8, 4) is 5.75 Å². The first-order valence-corrected chi connectivity index (χ1v) is 4.29. The highest BCUT2D eigenvalue weighted by atomic mass is 35.5. The third-order valence-corrected chi connectivity index (χ3v) is 2.12. The Morgan fingerprint density at radius 2 is 2.31 bits per heavy atom. The summed E-state index contributed by atoms with van der Waals surface area (Å²) in [6.07, 6.45) is -0.774. The molecule has 0 radical (unpaired) electrons. The first kappa shape index (κ1) is 10.3. The molecular weight excluding hydrogens is 190 g/mol. The van der Waals surface area contributed by atoms with E-state index in [4.69, 9.17) is 22.1 Å². The number of aliphatic hydroxyl groups is 1. The Morgan fingerprint density at radius 3 is 2.85 bits per heavy atom. The van der Waals surface area contributed by atoms with E-state index in [2.05, 4.69) is 0 Å². The summed E-state index contributed by atoms with van der Waals surface area (Å²) in [7, 11) is 1.53. The van der Waals surface area contributed by atoms with E-state index in [1.54, 1.807) is 18.2 Å². The molecule has 0 aromatic heterocycles. The normalized spacial score (nSPS) is 12.6. The molecule has 1 aromatic rings. The highest BCUT2D eigenvalue weighted by Crippen LogP contribution is 2.31. The first-order valence-electron chi connectivity index (χ1n) is 3.91. The number of rotatable bonds is 3. The number of methoxy groups -OCH3 is 1. The van der Waals surface area contributed by atoms with E-state index in [0.29, 0.717) is 16.3 Å². The molecule has 1 aromatic carbocycles. The Labute approximate surface area is 82.1 Å². The van der Waals surface area contributed by atoms with Gasteiger partial charge in [0.15, 0.2) is 0 Å². The summed E-state index contributed by atoms with van der Waals surface area (Å²) in [5.41, 5.74) is 5.88. The van der Waals surface area contributed by atoms with Gasteiger partial charge in [0.2, 0.25) is 0 Å². The topological polar surface area (TPSA) is 55.5 Å². The molecule has 3 N–H and O–H groups in total. The van der Waals surface area contributed by atoms with E-state index in [-0.39, 0.29) is 6.54 Å². The summed E-state index contributed by atoms with van der Waals surface area (Å²) in [5.74, 6) is 0.561. The number of hydrogen-bond donors (Lipinski definition) is 2. The molecular formula is C9H12ClNO2. The van der Waals surface area contributed by atoms with Crippen LogP contribution >= 0.6 is 11.6 Å². The van der Waals surface area contributed by atoms with Gasteiger partial charge in [0.1, 0.15) is 5.75 Å². The molecule has 0 amide bonds. The van der Waals surface area contributed by atoms with Gasteiger partial charge in [0, 0.05) is 12.1 Å². The molecule has 0 bridgehead atoms. The van der Waals surface area contributed by atoms with E-state index in [9.17, 15) is 5.11 Å². The average molecular weight is 202 g/mol. The van der Waals surface area contributed by atoms with Crippen LogP contribution in [-0.2, 0) is 0 Å². The highest BCUT2D eigenvalue weighted by Gasteiger charge is 2.14. The summed E-state index contributed by atoms with van der Waals surface area (Å²) >= 11 is 5.89. The van der Waals surface area contributed by atoms with Gasteiger partial charge < -0.3 is 15.6 Å². The number of nitrogens with two attached hydrogens (primary N) is 1. The zero-order chi connectivity index (χ0) is 9.84. The fourth-order valence-corrected chi connectivity index (χ4v) is 1.43. The van der Waals surface area contributed by atoms with Crippen LogP contribution < -0.4 is 10.5 Å². The van der Waals surface area contributed by atoms with Gasteiger partial charge in [-0.15, -0.1) is 0 Å². The number of aliphatic hydroxyl groups excluding tert-OH is 1. The smallest absolute Gasteiger partial charge is 0.126 e. The average Bonchev–Trinajstić information content (AvgIpc) is 2.16. The molecule has 1 rings (SSSR count). The fourth-order valence-electron chi connectivity index (χ4n) is 1.14. The predicted octanol–water partition coefficient (Wildman–Crippen LogP) is 1.34. The number of benzene rings is 1.